The number of amides is 2. The summed E-state index contributed by atoms with van der Waals surface area (Å²) in [6.45, 7) is 5.58. The van der Waals surface area contributed by atoms with Gasteiger partial charge in [-0.05, 0) is 61.4 Å². The largest absolute Gasteiger partial charge is 0.495 e. The van der Waals surface area contributed by atoms with Crippen molar-refractivity contribution in [2.24, 2.45) is 0 Å². The predicted octanol–water partition coefficient (Wildman–Crippen LogP) is 5.56. The molecule has 1 heterocycles. The minimum absolute atomic E-state index is 0.158. The fraction of sp³-hybridized carbons (Fsp3) is 0.235. The average molecular weight is 549 g/mol. The van der Waals surface area contributed by atoms with Gasteiger partial charge in [0.2, 0.25) is 0 Å². The number of nitrogens with zero attached hydrogens (tertiary/aromatic N) is 2. The van der Waals surface area contributed by atoms with E-state index in [1.165, 1.54) is 5.56 Å². The minimum Gasteiger partial charge on any atom is -0.495 e. The topological polar surface area (TPSA) is 73.9 Å². The van der Waals surface area contributed by atoms with Crippen LogP contribution in [0.3, 0.4) is 0 Å². The second kappa shape index (κ2) is 13.0. The molecule has 0 saturated carbocycles. The highest BCUT2D eigenvalue weighted by Crippen LogP contribution is 2.31. The summed E-state index contributed by atoms with van der Waals surface area (Å²) >= 11 is 0. The molecule has 2 N–H and O–H groups in total. The first-order valence-electron chi connectivity index (χ1n) is 14.0. The van der Waals surface area contributed by atoms with Gasteiger partial charge in [-0.1, -0.05) is 60.2 Å². The number of piperazine rings is 1. The number of benzene rings is 4. The number of carbonyl (C=O) groups excluding carboxylic acids is 2. The summed E-state index contributed by atoms with van der Waals surface area (Å²) in [6.07, 6.45) is 0.739. The third-order valence-corrected chi connectivity index (χ3v) is 7.40. The molecule has 41 heavy (non-hydrogen) atoms. The van der Waals surface area contributed by atoms with Gasteiger partial charge in [-0.15, -0.1) is 0 Å². The van der Waals surface area contributed by atoms with Crippen molar-refractivity contribution in [1.29, 1.82) is 0 Å². The first-order valence-corrected chi connectivity index (χ1v) is 14.0. The van der Waals surface area contributed by atoms with Crippen LogP contribution in [0.1, 0.15) is 31.8 Å². The third kappa shape index (κ3) is 6.87. The van der Waals surface area contributed by atoms with Crippen molar-refractivity contribution < 1.29 is 14.3 Å². The Hall–Kier alpha value is -4.78. The summed E-state index contributed by atoms with van der Waals surface area (Å²) in [5.74, 6) is 0.487. The lowest BCUT2D eigenvalue weighted by Gasteiger charge is -2.38. The van der Waals surface area contributed by atoms with Gasteiger partial charge < -0.3 is 25.2 Å². The second-order valence-electron chi connectivity index (χ2n) is 10.2. The van der Waals surface area contributed by atoms with Crippen LogP contribution in [0, 0.1) is 6.92 Å². The van der Waals surface area contributed by atoms with E-state index in [2.05, 4.69) is 38.6 Å². The van der Waals surface area contributed by atoms with Crippen LogP contribution in [0.2, 0.25) is 0 Å². The SMILES string of the molecule is COc1ccccc1N1CCN(c2ccc(NC(=O)c3ccc(C)cc3)cc2C(=O)NCCc2ccccc2)CC1. The summed E-state index contributed by atoms with van der Waals surface area (Å²) in [7, 11) is 1.69. The van der Waals surface area contributed by atoms with Gasteiger partial charge in [-0.2, -0.15) is 0 Å². The van der Waals surface area contributed by atoms with Gasteiger partial charge >= 0.3 is 0 Å². The Morgan fingerprint density at radius 2 is 1.41 bits per heavy atom. The maximum atomic E-state index is 13.5. The quantitative estimate of drug-likeness (QED) is 0.287. The Balaban J connectivity index is 1.34. The van der Waals surface area contributed by atoms with Gasteiger partial charge in [0.05, 0.1) is 18.4 Å². The third-order valence-electron chi connectivity index (χ3n) is 7.40. The zero-order valence-electron chi connectivity index (χ0n) is 23.6. The van der Waals surface area contributed by atoms with E-state index in [-0.39, 0.29) is 11.8 Å². The van der Waals surface area contributed by atoms with Gasteiger partial charge in [0, 0.05) is 49.7 Å². The molecule has 0 radical (unpaired) electrons. The molecule has 2 amide bonds. The molecule has 7 nitrogen and oxygen atoms in total. The molecule has 0 aliphatic carbocycles. The van der Waals surface area contributed by atoms with Crippen molar-refractivity contribution in [3.8, 4) is 5.75 Å². The van der Waals surface area contributed by atoms with E-state index in [1.54, 1.807) is 25.3 Å². The van der Waals surface area contributed by atoms with Gasteiger partial charge in [-0.3, -0.25) is 9.59 Å². The molecule has 1 aliphatic heterocycles. The highest BCUT2D eigenvalue weighted by molar-refractivity contribution is 6.06. The number of methoxy groups -OCH3 is 1. The average Bonchev–Trinajstić information content (AvgIpc) is 3.02. The number of carbonyl (C=O) groups is 2. The number of anilines is 3. The second-order valence-corrected chi connectivity index (χ2v) is 10.2. The molecule has 0 atom stereocenters. The molecular weight excluding hydrogens is 512 g/mol. The Morgan fingerprint density at radius 3 is 2.12 bits per heavy atom. The summed E-state index contributed by atoms with van der Waals surface area (Å²) in [5.41, 5.74) is 5.88. The lowest BCUT2D eigenvalue weighted by molar-refractivity contribution is 0.0953. The van der Waals surface area contributed by atoms with Crippen LogP contribution < -0.4 is 25.2 Å². The Bertz CT molecular complexity index is 1480. The maximum Gasteiger partial charge on any atom is 0.255 e. The number of aryl methyl sites for hydroxylation is 1. The van der Waals surface area contributed by atoms with E-state index in [0.717, 1.165) is 55.3 Å². The van der Waals surface area contributed by atoms with Crippen LogP contribution in [-0.2, 0) is 6.42 Å². The highest BCUT2D eigenvalue weighted by atomic mass is 16.5. The Kier molecular flexibility index (Phi) is 8.84. The summed E-state index contributed by atoms with van der Waals surface area (Å²) in [4.78, 5) is 31.0. The number of nitrogens with one attached hydrogen (secondary N) is 2. The van der Waals surface area contributed by atoms with Crippen LogP contribution in [0.25, 0.3) is 0 Å². The van der Waals surface area contributed by atoms with Gasteiger partial charge in [0.25, 0.3) is 11.8 Å². The lowest BCUT2D eigenvalue weighted by Crippen LogP contribution is -2.47. The smallest absolute Gasteiger partial charge is 0.255 e. The van der Waals surface area contributed by atoms with E-state index >= 15 is 0 Å². The van der Waals surface area contributed by atoms with Crippen molar-refractivity contribution >= 4 is 28.9 Å². The summed E-state index contributed by atoms with van der Waals surface area (Å²) in [6, 6.07) is 31.2. The molecule has 0 bridgehead atoms. The molecule has 4 aromatic rings. The molecule has 0 unspecified atom stereocenters. The molecule has 1 fully saturated rings. The first kappa shape index (κ1) is 27.8. The Labute approximate surface area is 241 Å². The maximum absolute atomic E-state index is 13.5. The standard InChI is InChI=1S/C34H36N4O3/c1-25-12-14-27(15-13-25)33(39)36-28-16-17-30(29(24-28)34(40)35-19-18-26-8-4-3-5-9-26)37-20-22-38(23-21-37)31-10-6-7-11-32(31)41-2/h3-17,24H,18-23H2,1-2H3,(H,35,40)(H,36,39). The van der Waals surface area contributed by atoms with Gasteiger partial charge in [0.1, 0.15) is 5.75 Å². The van der Waals surface area contributed by atoms with E-state index < -0.39 is 0 Å². The first-order chi connectivity index (χ1) is 20.0. The molecule has 1 saturated heterocycles. The van der Waals surface area contributed by atoms with E-state index in [1.807, 2.05) is 67.6 Å². The van der Waals surface area contributed by atoms with Crippen molar-refractivity contribution in [2.45, 2.75) is 13.3 Å². The molecule has 1 aliphatic rings. The fourth-order valence-corrected chi connectivity index (χ4v) is 5.12. The molecule has 4 aromatic carbocycles. The fourth-order valence-electron chi connectivity index (χ4n) is 5.12. The van der Waals surface area contributed by atoms with E-state index in [9.17, 15) is 9.59 Å². The van der Waals surface area contributed by atoms with Crippen molar-refractivity contribution in [3.63, 3.8) is 0 Å². The van der Waals surface area contributed by atoms with E-state index in [0.29, 0.717) is 23.4 Å². The molecule has 0 spiro atoms. The van der Waals surface area contributed by atoms with Gasteiger partial charge in [-0.25, -0.2) is 0 Å². The molecule has 5 rings (SSSR count). The summed E-state index contributed by atoms with van der Waals surface area (Å²) in [5, 5.41) is 6.06. The predicted molar refractivity (Wildman–Crippen MR) is 165 cm³/mol. The van der Waals surface area contributed by atoms with E-state index in [4.69, 9.17) is 4.74 Å². The van der Waals surface area contributed by atoms with Crippen LogP contribution in [0.15, 0.2) is 97.1 Å². The van der Waals surface area contributed by atoms with Crippen molar-refractivity contribution in [3.05, 3.63) is 119 Å². The molecule has 210 valence electrons. The number of hydrogen-bond donors (Lipinski definition) is 2. The minimum atomic E-state index is -0.210. The number of rotatable bonds is 9. The molecule has 0 aromatic heterocycles. The van der Waals surface area contributed by atoms with Crippen molar-refractivity contribution in [2.75, 3.05) is 55.0 Å². The number of para-hydroxylation sites is 2. The monoisotopic (exact) mass is 548 g/mol. The van der Waals surface area contributed by atoms with Crippen LogP contribution in [0.4, 0.5) is 17.1 Å². The van der Waals surface area contributed by atoms with Gasteiger partial charge in [0.15, 0.2) is 0 Å². The van der Waals surface area contributed by atoms with Crippen LogP contribution >= 0.6 is 0 Å². The summed E-state index contributed by atoms with van der Waals surface area (Å²) < 4.78 is 5.57. The Morgan fingerprint density at radius 1 is 0.756 bits per heavy atom. The zero-order chi connectivity index (χ0) is 28.6. The highest BCUT2D eigenvalue weighted by Gasteiger charge is 2.24. The number of hydrogen-bond acceptors (Lipinski definition) is 5. The number of ether oxygens (including phenoxy) is 1. The molecular formula is C34H36N4O3. The van der Waals surface area contributed by atoms with Crippen LogP contribution in [0.5, 0.6) is 5.75 Å². The lowest BCUT2D eigenvalue weighted by atomic mass is 10.1. The molecule has 7 heteroatoms. The van der Waals surface area contributed by atoms with Crippen molar-refractivity contribution in [1.82, 2.24) is 5.32 Å². The normalized spacial score (nSPS) is 13.0. The van der Waals surface area contributed by atoms with Crippen LogP contribution in [-0.4, -0.2) is 51.6 Å². The zero-order valence-corrected chi connectivity index (χ0v) is 23.6.